The summed E-state index contributed by atoms with van der Waals surface area (Å²) in [6.45, 7) is 4.32. The standard InChI is InChI=1S/C14H18N2O7/c1-4-14(9(3)17,13(18)23-5-2)11-7-6-10(15(19)20)8-12(11)16(21)22/h6-8,21-22H,4-5H2,1-3H3/q-2/t14-/m1/s1. The van der Waals surface area contributed by atoms with Crippen LogP contribution in [0.2, 0.25) is 0 Å². The molecule has 0 bridgehead atoms. The number of ketones is 1. The van der Waals surface area contributed by atoms with Crippen LogP contribution in [0.5, 0.6) is 0 Å². The third kappa shape index (κ3) is 3.42. The monoisotopic (exact) mass is 326 g/mol. The van der Waals surface area contributed by atoms with Gasteiger partial charge in [0.05, 0.1) is 6.61 Å². The molecule has 0 saturated heterocycles. The smallest absolute Gasteiger partial charge is 0.324 e. The molecule has 2 N–H and O–H groups in total. The summed E-state index contributed by atoms with van der Waals surface area (Å²) in [5.74, 6) is -1.43. The van der Waals surface area contributed by atoms with E-state index in [2.05, 4.69) is 0 Å². The van der Waals surface area contributed by atoms with E-state index < -0.39 is 33.8 Å². The Bertz CT molecular complexity index is 588. The van der Waals surface area contributed by atoms with Crippen LogP contribution >= 0.6 is 0 Å². The summed E-state index contributed by atoms with van der Waals surface area (Å²) in [5, 5.41) is 39.3. The van der Waals surface area contributed by atoms with E-state index in [1.165, 1.54) is 6.92 Å². The minimum Gasteiger partial charge on any atom is -0.769 e. The van der Waals surface area contributed by atoms with Crippen molar-refractivity contribution in [2.24, 2.45) is 0 Å². The number of carbonyl (C=O) groups is 2. The first-order valence-electron chi connectivity index (χ1n) is 6.87. The fourth-order valence-corrected chi connectivity index (χ4v) is 2.44. The number of nitrogens with zero attached hydrogens (tertiary/aromatic N) is 2. The van der Waals surface area contributed by atoms with Crippen molar-refractivity contribution >= 4 is 23.1 Å². The molecule has 0 unspecified atom stereocenters. The van der Waals surface area contributed by atoms with Gasteiger partial charge in [-0.1, -0.05) is 13.0 Å². The second kappa shape index (κ2) is 7.38. The van der Waals surface area contributed by atoms with Crippen LogP contribution in [0, 0.1) is 10.4 Å². The maximum Gasteiger partial charge on any atom is 0.324 e. The largest absolute Gasteiger partial charge is 0.769 e. The van der Waals surface area contributed by atoms with Crippen LogP contribution in [0.3, 0.4) is 0 Å². The SMILES string of the molecule is CCOC(=O)[C@](CC)(C(C)=O)c1ccc(N([O-])[O-])cc1N(O)O. The van der Waals surface area contributed by atoms with Gasteiger partial charge in [0.25, 0.3) is 0 Å². The van der Waals surface area contributed by atoms with E-state index in [9.17, 15) is 30.4 Å². The van der Waals surface area contributed by atoms with Crippen LogP contribution in [0.1, 0.15) is 32.8 Å². The molecule has 0 aromatic heterocycles. The number of Topliss-reactive ketones (excluding diaryl/α,β-unsaturated/α-hetero) is 1. The first kappa shape index (κ1) is 18.8. The lowest BCUT2D eigenvalue weighted by Gasteiger charge is -2.39. The molecule has 9 heteroatoms. The van der Waals surface area contributed by atoms with Crippen molar-refractivity contribution in [3.8, 4) is 0 Å². The highest BCUT2D eigenvalue weighted by molar-refractivity contribution is 6.10. The number of ether oxygens (including phenoxy) is 1. The number of benzene rings is 1. The predicted octanol–water partition coefficient (Wildman–Crippen LogP) is 1.87. The van der Waals surface area contributed by atoms with Gasteiger partial charge in [0.15, 0.2) is 11.2 Å². The molecule has 0 aliphatic rings. The molecule has 1 rings (SSSR count). The van der Waals surface area contributed by atoms with Gasteiger partial charge in [0, 0.05) is 11.3 Å². The molecule has 128 valence electrons. The lowest BCUT2D eigenvalue weighted by atomic mass is 9.74. The molecular weight excluding hydrogens is 308 g/mol. The lowest BCUT2D eigenvalue weighted by molar-refractivity contribution is -0.154. The van der Waals surface area contributed by atoms with Gasteiger partial charge in [0.1, 0.15) is 5.69 Å². The van der Waals surface area contributed by atoms with Gasteiger partial charge in [-0.3, -0.25) is 20.0 Å². The molecule has 9 nitrogen and oxygen atoms in total. The van der Waals surface area contributed by atoms with Crippen molar-refractivity contribution in [3.05, 3.63) is 34.2 Å². The highest BCUT2D eigenvalue weighted by Gasteiger charge is 2.47. The van der Waals surface area contributed by atoms with E-state index in [0.29, 0.717) is 0 Å². The van der Waals surface area contributed by atoms with Crippen LogP contribution in [0.25, 0.3) is 0 Å². The van der Waals surface area contributed by atoms with Crippen LogP contribution in [0.15, 0.2) is 18.2 Å². The second-order valence-corrected chi connectivity index (χ2v) is 4.78. The number of rotatable bonds is 7. The summed E-state index contributed by atoms with van der Waals surface area (Å²) in [6.07, 6.45) is -0.0141. The van der Waals surface area contributed by atoms with Crippen molar-refractivity contribution in [1.29, 1.82) is 0 Å². The Kier molecular flexibility index (Phi) is 6.05. The maximum atomic E-state index is 12.4. The summed E-state index contributed by atoms with van der Waals surface area (Å²) < 4.78 is 4.95. The van der Waals surface area contributed by atoms with Crippen LogP contribution in [0.4, 0.5) is 11.4 Å². The molecule has 1 atom stereocenters. The molecule has 0 spiro atoms. The van der Waals surface area contributed by atoms with Gasteiger partial charge in [-0.05, 0) is 32.4 Å². The van der Waals surface area contributed by atoms with Gasteiger partial charge in [-0.15, -0.1) is 5.23 Å². The topological polar surface area (TPSA) is 136 Å². The summed E-state index contributed by atoms with van der Waals surface area (Å²) >= 11 is 0. The normalized spacial score (nSPS) is 13.2. The Morgan fingerprint density at radius 2 is 1.87 bits per heavy atom. The highest BCUT2D eigenvalue weighted by Crippen LogP contribution is 2.38. The Labute approximate surface area is 132 Å². The molecule has 23 heavy (non-hydrogen) atoms. The quantitative estimate of drug-likeness (QED) is 0.437. The highest BCUT2D eigenvalue weighted by atomic mass is 16.8. The molecule has 0 saturated carbocycles. The zero-order valence-electron chi connectivity index (χ0n) is 13.0. The summed E-state index contributed by atoms with van der Waals surface area (Å²) in [6, 6.07) is 3.09. The van der Waals surface area contributed by atoms with Crippen molar-refractivity contribution in [2.75, 3.05) is 17.1 Å². The lowest BCUT2D eigenvalue weighted by Crippen LogP contribution is -2.44. The zero-order valence-corrected chi connectivity index (χ0v) is 13.0. The van der Waals surface area contributed by atoms with E-state index >= 15 is 0 Å². The van der Waals surface area contributed by atoms with E-state index in [4.69, 9.17) is 4.74 Å². The Morgan fingerprint density at radius 3 is 2.26 bits per heavy atom. The van der Waals surface area contributed by atoms with E-state index in [1.807, 2.05) is 0 Å². The maximum absolute atomic E-state index is 12.4. The summed E-state index contributed by atoms with van der Waals surface area (Å²) in [5.41, 5.74) is -2.73. The summed E-state index contributed by atoms with van der Waals surface area (Å²) in [7, 11) is 0. The molecular formula is C14H18N2O7-2. The number of hydrogen-bond acceptors (Lipinski definition) is 9. The van der Waals surface area contributed by atoms with Gasteiger partial charge < -0.3 is 20.4 Å². The molecule has 0 aliphatic carbocycles. The Hall–Kier alpha value is -2.20. The number of carbonyl (C=O) groups excluding carboxylic acids is 2. The first-order valence-corrected chi connectivity index (χ1v) is 6.87. The molecule has 1 aromatic rings. The van der Waals surface area contributed by atoms with Gasteiger partial charge in [-0.2, -0.15) is 0 Å². The van der Waals surface area contributed by atoms with Crippen LogP contribution < -0.4 is 10.5 Å². The van der Waals surface area contributed by atoms with Gasteiger partial charge in [0.2, 0.25) is 0 Å². The third-order valence-corrected chi connectivity index (χ3v) is 3.62. The average Bonchev–Trinajstić information content (AvgIpc) is 2.48. The van der Waals surface area contributed by atoms with Crippen molar-refractivity contribution in [2.45, 2.75) is 32.6 Å². The number of anilines is 2. The Morgan fingerprint density at radius 1 is 1.26 bits per heavy atom. The minimum absolute atomic E-state index is 0.0141. The van der Waals surface area contributed by atoms with Crippen molar-refractivity contribution in [1.82, 2.24) is 0 Å². The van der Waals surface area contributed by atoms with Crippen molar-refractivity contribution < 1.29 is 24.7 Å². The zero-order chi connectivity index (χ0) is 17.8. The van der Waals surface area contributed by atoms with E-state index in [-0.39, 0.29) is 23.8 Å². The minimum atomic E-state index is -1.79. The second-order valence-electron chi connectivity index (χ2n) is 4.78. The van der Waals surface area contributed by atoms with E-state index in [1.54, 1.807) is 13.8 Å². The molecule has 0 fully saturated rings. The fourth-order valence-electron chi connectivity index (χ4n) is 2.44. The molecule has 0 heterocycles. The molecule has 0 amide bonds. The molecule has 1 aromatic carbocycles. The van der Waals surface area contributed by atoms with Crippen LogP contribution in [-0.4, -0.2) is 28.8 Å². The fraction of sp³-hybridized carbons (Fsp3) is 0.429. The predicted molar refractivity (Wildman–Crippen MR) is 81.0 cm³/mol. The molecule has 0 aliphatic heterocycles. The van der Waals surface area contributed by atoms with E-state index in [0.717, 1.165) is 18.2 Å². The third-order valence-electron chi connectivity index (χ3n) is 3.62. The Balaban J connectivity index is 3.65. The summed E-state index contributed by atoms with van der Waals surface area (Å²) in [4.78, 5) is 24.6. The van der Waals surface area contributed by atoms with Gasteiger partial charge in [-0.25, -0.2) is 0 Å². The molecule has 0 radical (unpaired) electrons. The van der Waals surface area contributed by atoms with Gasteiger partial charge >= 0.3 is 5.97 Å². The van der Waals surface area contributed by atoms with Crippen LogP contribution in [-0.2, 0) is 19.7 Å². The first-order chi connectivity index (χ1) is 10.7. The number of hydrogen-bond donors (Lipinski definition) is 2. The average molecular weight is 326 g/mol. The number of esters is 1. The van der Waals surface area contributed by atoms with Crippen molar-refractivity contribution in [3.63, 3.8) is 0 Å².